The Balaban J connectivity index is 3.09. The second kappa shape index (κ2) is 4.90. The number of benzene rings is 1. The molecule has 0 heterocycles. The van der Waals surface area contributed by atoms with Gasteiger partial charge in [-0.25, -0.2) is 12.8 Å². The van der Waals surface area contributed by atoms with Crippen molar-refractivity contribution in [3.8, 4) is 0 Å². The van der Waals surface area contributed by atoms with Crippen molar-refractivity contribution >= 4 is 9.84 Å². The van der Waals surface area contributed by atoms with Crippen LogP contribution < -0.4 is 5.73 Å². The number of aliphatic hydroxyl groups excluding tert-OH is 1. The maximum Gasteiger partial charge on any atom is 0.178 e. The van der Waals surface area contributed by atoms with Crippen LogP contribution in [-0.4, -0.2) is 26.4 Å². The molecule has 0 aliphatic carbocycles. The molecule has 0 saturated heterocycles. The molecule has 3 N–H and O–H groups in total. The molecule has 1 aromatic rings. The molecule has 90 valence electrons. The van der Waals surface area contributed by atoms with E-state index < -0.39 is 21.7 Å². The number of halogens is 1. The molecule has 0 fully saturated rings. The Labute approximate surface area is 93.8 Å². The van der Waals surface area contributed by atoms with Crippen LogP contribution in [0.2, 0.25) is 0 Å². The fourth-order valence-corrected chi connectivity index (χ4v) is 2.08. The van der Waals surface area contributed by atoms with E-state index >= 15 is 0 Å². The quantitative estimate of drug-likeness (QED) is 0.817. The molecule has 0 aromatic heterocycles. The Hall–Kier alpha value is -0.980. The van der Waals surface area contributed by atoms with Crippen LogP contribution in [0.15, 0.2) is 23.1 Å². The molecule has 1 atom stereocenters. The van der Waals surface area contributed by atoms with Crippen molar-refractivity contribution in [3.63, 3.8) is 0 Å². The van der Waals surface area contributed by atoms with Crippen LogP contribution in [0.3, 0.4) is 0 Å². The summed E-state index contributed by atoms with van der Waals surface area (Å²) in [5.74, 6) is -0.812. The van der Waals surface area contributed by atoms with Crippen LogP contribution in [0, 0.1) is 5.82 Å². The SMILES string of the molecule is CS(=O)(=O)c1ccc(C(N)CCO)cc1F. The highest BCUT2D eigenvalue weighted by molar-refractivity contribution is 7.90. The Bertz CT molecular complexity index is 473. The van der Waals surface area contributed by atoms with Crippen LogP contribution in [0.5, 0.6) is 0 Å². The average molecular weight is 247 g/mol. The highest BCUT2D eigenvalue weighted by Crippen LogP contribution is 2.20. The lowest BCUT2D eigenvalue weighted by Gasteiger charge is -2.11. The number of rotatable bonds is 4. The van der Waals surface area contributed by atoms with Gasteiger partial charge in [0.25, 0.3) is 0 Å². The first-order chi connectivity index (χ1) is 7.36. The minimum atomic E-state index is -3.55. The fraction of sp³-hybridized carbons (Fsp3) is 0.400. The zero-order valence-electron chi connectivity index (χ0n) is 8.85. The summed E-state index contributed by atoms with van der Waals surface area (Å²) in [7, 11) is -3.55. The van der Waals surface area contributed by atoms with Crippen LogP contribution in [-0.2, 0) is 9.84 Å². The summed E-state index contributed by atoms with van der Waals surface area (Å²) in [6.45, 7) is -0.101. The lowest BCUT2D eigenvalue weighted by Crippen LogP contribution is -2.13. The van der Waals surface area contributed by atoms with Gasteiger partial charge < -0.3 is 10.8 Å². The zero-order chi connectivity index (χ0) is 12.3. The van der Waals surface area contributed by atoms with E-state index in [9.17, 15) is 12.8 Å². The first-order valence-corrected chi connectivity index (χ1v) is 6.61. The van der Waals surface area contributed by atoms with Crippen LogP contribution >= 0.6 is 0 Å². The lowest BCUT2D eigenvalue weighted by molar-refractivity contribution is 0.276. The molecule has 0 aliphatic rings. The highest BCUT2D eigenvalue weighted by atomic mass is 32.2. The summed E-state index contributed by atoms with van der Waals surface area (Å²) < 4.78 is 35.7. The van der Waals surface area contributed by atoms with Crippen molar-refractivity contribution in [2.75, 3.05) is 12.9 Å². The molecule has 0 radical (unpaired) electrons. The second-order valence-corrected chi connectivity index (χ2v) is 5.56. The van der Waals surface area contributed by atoms with Crippen molar-refractivity contribution in [1.29, 1.82) is 0 Å². The Kier molecular flexibility index (Phi) is 4.01. The molecule has 0 amide bonds. The van der Waals surface area contributed by atoms with Gasteiger partial charge in [0.1, 0.15) is 10.7 Å². The van der Waals surface area contributed by atoms with Gasteiger partial charge in [0.15, 0.2) is 9.84 Å². The van der Waals surface area contributed by atoms with Crippen LogP contribution in [0.1, 0.15) is 18.0 Å². The second-order valence-electron chi connectivity index (χ2n) is 3.58. The fourth-order valence-electron chi connectivity index (χ4n) is 1.35. The van der Waals surface area contributed by atoms with Gasteiger partial charge in [-0.1, -0.05) is 6.07 Å². The molecule has 1 rings (SSSR count). The molecule has 0 saturated carbocycles. The molecule has 1 aromatic carbocycles. The van der Waals surface area contributed by atoms with Crippen molar-refractivity contribution in [1.82, 2.24) is 0 Å². The third-order valence-electron chi connectivity index (χ3n) is 2.22. The Morgan fingerprint density at radius 2 is 2.12 bits per heavy atom. The lowest BCUT2D eigenvalue weighted by atomic mass is 10.1. The van der Waals surface area contributed by atoms with Gasteiger partial charge in [-0.05, 0) is 24.1 Å². The van der Waals surface area contributed by atoms with Crippen LogP contribution in [0.25, 0.3) is 0 Å². The number of hydrogen-bond donors (Lipinski definition) is 2. The number of aliphatic hydroxyl groups is 1. The van der Waals surface area contributed by atoms with Gasteiger partial charge >= 0.3 is 0 Å². The van der Waals surface area contributed by atoms with E-state index in [1.54, 1.807) is 0 Å². The van der Waals surface area contributed by atoms with E-state index in [-0.39, 0.29) is 11.5 Å². The monoisotopic (exact) mass is 247 g/mol. The highest BCUT2D eigenvalue weighted by Gasteiger charge is 2.15. The Morgan fingerprint density at radius 1 is 1.50 bits per heavy atom. The van der Waals surface area contributed by atoms with E-state index in [2.05, 4.69) is 0 Å². The molecule has 16 heavy (non-hydrogen) atoms. The van der Waals surface area contributed by atoms with Gasteiger partial charge in [-0.15, -0.1) is 0 Å². The standard InChI is InChI=1S/C10H14FNO3S/c1-16(14,15)10-3-2-7(6-8(10)11)9(12)4-5-13/h2-3,6,9,13H,4-5,12H2,1H3. The molecule has 0 spiro atoms. The third-order valence-corrected chi connectivity index (χ3v) is 3.35. The summed E-state index contributed by atoms with van der Waals surface area (Å²) in [6, 6.07) is 3.25. The molecule has 6 heteroatoms. The molecule has 0 bridgehead atoms. The molecular weight excluding hydrogens is 233 g/mol. The molecule has 4 nitrogen and oxygen atoms in total. The molecule has 1 unspecified atom stereocenters. The summed E-state index contributed by atoms with van der Waals surface area (Å²) in [6.07, 6.45) is 1.25. The predicted octanol–water partition coefficient (Wildman–Crippen LogP) is 0.611. The maximum absolute atomic E-state index is 13.4. The van der Waals surface area contributed by atoms with Crippen molar-refractivity contribution in [3.05, 3.63) is 29.6 Å². The molecule has 0 aliphatic heterocycles. The Morgan fingerprint density at radius 3 is 2.56 bits per heavy atom. The number of sulfone groups is 1. The van der Waals surface area contributed by atoms with E-state index in [1.807, 2.05) is 0 Å². The summed E-state index contributed by atoms with van der Waals surface area (Å²) in [5.41, 5.74) is 6.13. The first-order valence-electron chi connectivity index (χ1n) is 4.72. The normalized spacial score (nSPS) is 13.8. The van der Waals surface area contributed by atoms with Crippen molar-refractivity contribution < 1.29 is 17.9 Å². The zero-order valence-corrected chi connectivity index (χ0v) is 9.67. The minimum absolute atomic E-state index is 0.101. The maximum atomic E-state index is 13.4. The topological polar surface area (TPSA) is 80.4 Å². The van der Waals surface area contributed by atoms with Gasteiger partial charge in [-0.2, -0.15) is 0 Å². The number of hydrogen-bond acceptors (Lipinski definition) is 4. The van der Waals surface area contributed by atoms with Crippen molar-refractivity contribution in [2.24, 2.45) is 5.73 Å². The average Bonchev–Trinajstić information content (AvgIpc) is 2.16. The van der Waals surface area contributed by atoms with Gasteiger partial charge in [-0.3, -0.25) is 0 Å². The van der Waals surface area contributed by atoms with E-state index in [0.717, 1.165) is 12.3 Å². The van der Waals surface area contributed by atoms with Gasteiger partial charge in [0.2, 0.25) is 0 Å². The van der Waals surface area contributed by atoms with Gasteiger partial charge in [0, 0.05) is 18.9 Å². The first kappa shape index (κ1) is 13.1. The van der Waals surface area contributed by atoms with E-state index in [4.69, 9.17) is 10.8 Å². The molecular formula is C10H14FNO3S. The van der Waals surface area contributed by atoms with E-state index in [1.165, 1.54) is 12.1 Å². The summed E-state index contributed by atoms with van der Waals surface area (Å²) >= 11 is 0. The minimum Gasteiger partial charge on any atom is -0.396 e. The summed E-state index contributed by atoms with van der Waals surface area (Å²) in [4.78, 5) is -0.340. The largest absolute Gasteiger partial charge is 0.396 e. The van der Waals surface area contributed by atoms with Crippen LogP contribution in [0.4, 0.5) is 4.39 Å². The predicted molar refractivity (Wildman–Crippen MR) is 58.1 cm³/mol. The van der Waals surface area contributed by atoms with Gasteiger partial charge in [0.05, 0.1) is 0 Å². The van der Waals surface area contributed by atoms with Crippen molar-refractivity contribution in [2.45, 2.75) is 17.4 Å². The summed E-state index contributed by atoms with van der Waals surface area (Å²) in [5, 5.41) is 8.68. The third kappa shape index (κ3) is 3.01. The smallest absolute Gasteiger partial charge is 0.178 e. The van der Waals surface area contributed by atoms with E-state index in [0.29, 0.717) is 12.0 Å². The number of nitrogens with two attached hydrogens (primary N) is 1.